The molecule has 172 valence electrons. The van der Waals surface area contributed by atoms with Gasteiger partial charge in [0.25, 0.3) is 0 Å². The second kappa shape index (κ2) is 12.6. The highest BCUT2D eigenvalue weighted by molar-refractivity contribution is 14.0. The van der Waals surface area contributed by atoms with E-state index in [1.165, 1.54) is 0 Å². The normalized spacial score (nSPS) is 13.5. The quantitative estimate of drug-likeness (QED) is 0.266. The van der Waals surface area contributed by atoms with Crippen molar-refractivity contribution in [3.63, 3.8) is 0 Å². The lowest BCUT2D eigenvalue weighted by molar-refractivity contribution is -0.117. The molecule has 1 aliphatic heterocycles. The van der Waals surface area contributed by atoms with E-state index < -0.39 is 0 Å². The number of rotatable bonds is 7. The lowest BCUT2D eigenvalue weighted by Crippen LogP contribution is -2.38. The number of amides is 2. The Kier molecular flexibility index (Phi) is 10.2. The number of hydrogen-bond acceptors (Lipinski definition) is 3. The van der Waals surface area contributed by atoms with Crippen molar-refractivity contribution in [2.75, 3.05) is 30.4 Å². The summed E-state index contributed by atoms with van der Waals surface area (Å²) < 4.78 is 0. The molecular weight excluding hydrogens is 541 g/mol. The van der Waals surface area contributed by atoms with Crippen molar-refractivity contribution >= 4 is 64.7 Å². The first-order valence-electron chi connectivity index (χ1n) is 10.4. The van der Waals surface area contributed by atoms with Gasteiger partial charge in [-0.1, -0.05) is 29.8 Å². The van der Waals surface area contributed by atoms with Crippen LogP contribution in [0.1, 0.15) is 30.4 Å². The predicted octanol–water partition coefficient (Wildman–Crippen LogP) is 4.09. The van der Waals surface area contributed by atoms with Gasteiger partial charge >= 0.3 is 0 Å². The van der Waals surface area contributed by atoms with E-state index in [1.807, 2.05) is 48.2 Å². The number of aliphatic imine (C=N–C) groups is 1. The Balaban J connectivity index is 0.00000363. The van der Waals surface area contributed by atoms with Gasteiger partial charge in [-0.2, -0.15) is 0 Å². The average molecular weight is 570 g/mol. The van der Waals surface area contributed by atoms with Gasteiger partial charge in [0.1, 0.15) is 0 Å². The Labute approximate surface area is 211 Å². The molecule has 0 spiro atoms. The molecule has 2 aromatic carbocycles. The van der Waals surface area contributed by atoms with Crippen LogP contribution in [-0.2, 0) is 16.1 Å². The van der Waals surface area contributed by atoms with Gasteiger partial charge in [-0.3, -0.25) is 14.6 Å². The Morgan fingerprint density at radius 1 is 1.16 bits per heavy atom. The molecule has 0 unspecified atom stereocenters. The molecule has 3 rings (SSSR count). The summed E-state index contributed by atoms with van der Waals surface area (Å²) in [6.45, 7) is 3.69. The van der Waals surface area contributed by atoms with Gasteiger partial charge in [0.2, 0.25) is 11.8 Å². The van der Waals surface area contributed by atoms with E-state index in [1.54, 1.807) is 13.1 Å². The second-order valence-corrected chi connectivity index (χ2v) is 7.79. The Morgan fingerprint density at radius 2 is 1.91 bits per heavy atom. The Hall–Kier alpha value is -2.33. The van der Waals surface area contributed by atoms with E-state index >= 15 is 0 Å². The molecule has 2 amide bonds. The summed E-state index contributed by atoms with van der Waals surface area (Å²) in [6, 6.07) is 13.4. The molecule has 7 nitrogen and oxygen atoms in total. The fourth-order valence-electron chi connectivity index (χ4n) is 3.37. The van der Waals surface area contributed by atoms with E-state index in [4.69, 9.17) is 11.6 Å². The largest absolute Gasteiger partial charge is 0.356 e. The van der Waals surface area contributed by atoms with Gasteiger partial charge in [0.05, 0.1) is 0 Å². The first kappa shape index (κ1) is 25.9. The first-order chi connectivity index (χ1) is 15.0. The molecule has 1 aliphatic rings. The minimum atomic E-state index is -0.0969. The van der Waals surface area contributed by atoms with Crippen molar-refractivity contribution < 1.29 is 9.59 Å². The highest BCUT2D eigenvalue weighted by atomic mass is 127. The number of nitrogens with one attached hydrogen (secondary N) is 3. The second-order valence-electron chi connectivity index (χ2n) is 7.38. The maximum absolute atomic E-state index is 12.2. The topological polar surface area (TPSA) is 85.8 Å². The van der Waals surface area contributed by atoms with Crippen LogP contribution in [0, 0.1) is 6.92 Å². The molecule has 0 bridgehead atoms. The summed E-state index contributed by atoms with van der Waals surface area (Å²) in [7, 11) is 1.69. The van der Waals surface area contributed by atoms with Gasteiger partial charge in [-0.25, -0.2) is 0 Å². The van der Waals surface area contributed by atoms with Crippen LogP contribution in [-0.4, -0.2) is 37.9 Å². The zero-order chi connectivity index (χ0) is 22.2. The summed E-state index contributed by atoms with van der Waals surface area (Å²) in [6.07, 6.45) is 1.84. The molecule has 3 N–H and O–H groups in total. The van der Waals surface area contributed by atoms with Crippen molar-refractivity contribution in [2.24, 2.45) is 4.99 Å². The van der Waals surface area contributed by atoms with Gasteiger partial charge in [-0.15, -0.1) is 24.0 Å². The number of anilines is 2. The number of benzene rings is 2. The van der Waals surface area contributed by atoms with Crippen LogP contribution in [0.2, 0.25) is 5.02 Å². The minimum Gasteiger partial charge on any atom is -0.356 e. The van der Waals surface area contributed by atoms with Crippen LogP contribution in [0.15, 0.2) is 47.5 Å². The molecule has 1 fully saturated rings. The third-order valence-electron chi connectivity index (χ3n) is 5.19. The SMILES string of the molecule is CN=C(NCCC(=O)Nc1cccc(Cl)c1C)NCc1ccc(N2CCCC2=O)cc1.I. The van der Waals surface area contributed by atoms with E-state index in [-0.39, 0.29) is 35.8 Å². The molecule has 2 aromatic rings. The van der Waals surface area contributed by atoms with Gasteiger partial charge < -0.3 is 20.9 Å². The summed E-state index contributed by atoms with van der Waals surface area (Å²) in [5.74, 6) is 0.705. The maximum Gasteiger partial charge on any atom is 0.227 e. The Morgan fingerprint density at radius 3 is 2.56 bits per heavy atom. The van der Waals surface area contributed by atoms with E-state index in [2.05, 4.69) is 20.9 Å². The molecule has 0 aliphatic carbocycles. The first-order valence-corrected chi connectivity index (χ1v) is 10.7. The van der Waals surface area contributed by atoms with Crippen molar-refractivity contribution in [2.45, 2.75) is 32.7 Å². The highest BCUT2D eigenvalue weighted by Crippen LogP contribution is 2.23. The zero-order valence-electron chi connectivity index (χ0n) is 18.3. The molecule has 1 heterocycles. The van der Waals surface area contributed by atoms with Crippen molar-refractivity contribution in [3.8, 4) is 0 Å². The molecule has 0 atom stereocenters. The lowest BCUT2D eigenvalue weighted by atomic mass is 10.2. The third kappa shape index (κ3) is 7.09. The van der Waals surface area contributed by atoms with Crippen LogP contribution >= 0.6 is 35.6 Å². The number of carbonyl (C=O) groups is 2. The average Bonchev–Trinajstić information content (AvgIpc) is 3.20. The predicted molar refractivity (Wildman–Crippen MR) is 141 cm³/mol. The molecule has 0 saturated carbocycles. The number of hydrogen-bond donors (Lipinski definition) is 3. The molecular formula is C23H29ClIN5O2. The minimum absolute atomic E-state index is 0. The van der Waals surface area contributed by atoms with Crippen molar-refractivity contribution in [1.29, 1.82) is 0 Å². The summed E-state index contributed by atoms with van der Waals surface area (Å²) >= 11 is 6.09. The van der Waals surface area contributed by atoms with Gasteiger partial charge in [0.15, 0.2) is 5.96 Å². The number of guanidine groups is 1. The molecule has 0 aromatic heterocycles. The highest BCUT2D eigenvalue weighted by Gasteiger charge is 2.21. The summed E-state index contributed by atoms with van der Waals surface area (Å²) in [4.78, 5) is 30.1. The summed E-state index contributed by atoms with van der Waals surface area (Å²) in [5, 5.41) is 9.88. The standard InChI is InChI=1S/C23H28ClN5O2.HI/c1-16-19(24)5-3-6-20(16)28-21(30)12-13-26-23(25-2)27-15-17-8-10-18(11-9-17)29-14-4-7-22(29)31;/h3,5-6,8-11H,4,7,12-15H2,1-2H3,(H,28,30)(H2,25,26,27);1H. The van der Waals surface area contributed by atoms with Crippen molar-refractivity contribution in [3.05, 3.63) is 58.6 Å². The molecule has 1 saturated heterocycles. The van der Waals surface area contributed by atoms with E-state index in [9.17, 15) is 9.59 Å². The van der Waals surface area contributed by atoms with Crippen LogP contribution in [0.25, 0.3) is 0 Å². The smallest absolute Gasteiger partial charge is 0.227 e. The van der Waals surface area contributed by atoms with Crippen molar-refractivity contribution in [1.82, 2.24) is 10.6 Å². The Bertz CT molecular complexity index is 965. The van der Waals surface area contributed by atoms with Crippen LogP contribution < -0.4 is 20.9 Å². The molecule has 0 radical (unpaired) electrons. The lowest BCUT2D eigenvalue weighted by Gasteiger charge is -2.16. The van der Waals surface area contributed by atoms with E-state index in [0.717, 1.165) is 35.5 Å². The van der Waals surface area contributed by atoms with Crippen LogP contribution in [0.4, 0.5) is 11.4 Å². The maximum atomic E-state index is 12.2. The number of carbonyl (C=O) groups excluding carboxylic acids is 2. The van der Waals surface area contributed by atoms with Gasteiger partial charge in [0, 0.05) is 55.9 Å². The van der Waals surface area contributed by atoms with Crippen LogP contribution in [0.5, 0.6) is 0 Å². The number of halogens is 2. The summed E-state index contributed by atoms with van der Waals surface area (Å²) in [5.41, 5.74) is 3.59. The van der Waals surface area contributed by atoms with E-state index in [0.29, 0.717) is 36.9 Å². The third-order valence-corrected chi connectivity index (χ3v) is 5.60. The van der Waals surface area contributed by atoms with Gasteiger partial charge in [-0.05, 0) is 48.7 Å². The molecule has 9 heteroatoms. The number of nitrogens with zero attached hydrogens (tertiary/aromatic N) is 2. The fourth-order valence-corrected chi connectivity index (χ4v) is 3.55. The zero-order valence-corrected chi connectivity index (χ0v) is 21.4. The fraction of sp³-hybridized carbons (Fsp3) is 0.348. The molecule has 32 heavy (non-hydrogen) atoms. The monoisotopic (exact) mass is 569 g/mol. The van der Waals surface area contributed by atoms with Crippen LogP contribution in [0.3, 0.4) is 0 Å².